The molecule has 0 bridgehead atoms. The Hall–Kier alpha value is -2.47. The number of carbonyl (C=O) groups is 1. The number of anilines is 1. The molecule has 2 aromatic rings. The summed E-state index contributed by atoms with van der Waals surface area (Å²) in [5, 5.41) is 13.8. The van der Waals surface area contributed by atoms with Crippen molar-refractivity contribution in [1.82, 2.24) is 15.3 Å². The number of hydrogen-bond acceptors (Lipinski definition) is 5. The predicted molar refractivity (Wildman–Crippen MR) is 117 cm³/mol. The molecule has 4 rings (SSSR count). The maximum absolute atomic E-state index is 12.8. The van der Waals surface area contributed by atoms with Crippen LogP contribution in [0.2, 0.25) is 0 Å². The second-order valence-corrected chi connectivity index (χ2v) is 9.72. The highest BCUT2D eigenvalue weighted by Crippen LogP contribution is 2.41. The first-order valence-electron chi connectivity index (χ1n) is 10.9. The van der Waals surface area contributed by atoms with Crippen LogP contribution in [0.1, 0.15) is 68.8 Å². The first-order chi connectivity index (χ1) is 14.3. The van der Waals surface area contributed by atoms with Gasteiger partial charge in [-0.1, -0.05) is 44.2 Å². The molecule has 0 radical (unpaired) electrons. The van der Waals surface area contributed by atoms with Crippen molar-refractivity contribution in [2.75, 3.05) is 11.9 Å². The zero-order chi connectivity index (χ0) is 21.4. The Morgan fingerprint density at radius 3 is 2.63 bits per heavy atom. The minimum atomic E-state index is -1.22. The molecule has 1 aromatic carbocycles. The molecule has 0 unspecified atom stereocenters. The van der Waals surface area contributed by atoms with E-state index in [9.17, 15) is 9.90 Å². The molecule has 6 nitrogen and oxygen atoms in total. The van der Waals surface area contributed by atoms with E-state index in [-0.39, 0.29) is 17.4 Å². The van der Waals surface area contributed by atoms with E-state index in [0.717, 1.165) is 43.5 Å². The Labute approximate surface area is 178 Å². The lowest BCUT2D eigenvalue weighted by Gasteiger charge is -2.38. The number of amides is 1. The molecule has 30 heavy (non-hydrogen) atoms. The fourth-order valence-corrected chi connectivity index (χ4v) is 4.76. The fourth-order valence-electron chi connectivity index (χ4n) is 4.76. The Kier molecular flexibility index (Phi) is 5.53. The van der Waals surface area contributed by atoms with Gasteiger partial charge in [-0.05, 0) is 49.5 Å². The molecule has 2 aliphatic rings. The Morgan fingerprint density at radius 1 is 1.23 bits per heavy atom. The second-order valence-electron chi connectivity index (χ2n) is 9.72. The average Bonchev–Trinajstić information content (AvgIpc) is 3.15. The largest absolute Gasteiger partial charge is 0.380 e. The number of fused-ring (bicyclic) bond motifs is 1. The lowest BCUT2D eigenvalue weighted by atomic mass is 9.74. The van der Waals surface area contributed by atoms with Gasteiger partial charge in [-0.25, -0.2) is 9.97 Å². The summed E-state index contributed by atoms with van der Waals surface area (Å²) in [6.45, 7) is 5.14. The zero-order valence-electron chi connectivity index (χ0n) is 18.2. The number of aromatic nitrogens is 2. The number of benzene rings is 1. The van der Waals surface area contributed by atoms with Gasteiger partial charge in [0.05, 0.1) is 11.7 Å². The van der Waals surface area contributed by atoms with E-state index in [0.29, 0.717) is 18.8 Å². The van der Waals surface area contributed by atoms with Crippen molar-refractivity contribution < 1.29 is 9.90 Å². The van der Waals surface area contributed by atoms with Crippen LogP contribution in [0, 0.1) is 5.41 Å². The third kappa shape index (κ3) is 4.33. The average molecular weight is 409 g/mol. The minimum absolute atomic E-state index is 0.00681. The summed E-state index contributed by atoms with van der Waals surface area (Å²) in [6.07, 6.45) is 6.40. The molecule has 1 heterocycles. The summed E-state index contributed by atoms with van der Waals surface area (Å²) in [7, 11) is 2.00. The lowest BCUT2D eigenvalue weighted by molar-refractivity contribution is -0.140. The molecule has 1 aromatic heterocycles. The molecule has 1 saturated carbocycles. The highest BCUT2D eigenvalue weighted by Gasteiger charge is 2.42. The van der Waals surface area contributed by atoms with Crippen molar-refractivity contribution in [3.05, 3.63) is 53.3 Å². The van der Waals surface area contributed by atoms with E-state index >= 15 is 0 Å². The van der Waals surface area contributed by atoms with E-state index in [4.69, 9.17) is 4.98 Å². The molecule has 1 fully saturated rings. The lowest BCUT2D eigenvalue weighted by Crippen LogP contribution is -2.48. The Balaban J connectivity index is 1.56. The van der Waals surface area contributed by atoms with Crippen LogP contribution in [0.15, 0.2) is 36.5 Å². The topological polar surface area (TPSA) is 78.4 Å². The summed E-state index contributed by atoms with van der Waals surface area (Å²) in [5.74, 6) is 0.439. The molecule has 6 heteroatoms. The number of aliphatic hydroxyl groups is 1. The van der Waals surface area contributed by atoms with E-state index in [1.807, 2.05) is 36.3 Å². The van der Waals surface area contributed by atoms with Gasteiger partial charge in [-0.3, -0.25) is 4.79 Å². The first-order valence-corrected chi connectivity index (χ1v) is 10.9. The molecule has 1 amide bonds. The number of rotatable bonds is 5. The highest BCUT2D eigenvalue weighted by molar-refractivity contribution is 5.85. The van der Waals surface area contributed by atoms with Gasteiger partial charge in [0, 0.05) is 25.4 Å². The van der Waals surface area contributed by atoms with E-state index < -0.39 is 5.60 Å². The molecule has 1 atom stereocenters. The van der Waals surface area contributed by atoms with Gasteiger partial charge in [0.25, 0.3) is 5.91 Å². The molecule has 2 aliphatic carbocycles. The Morgan fingerprint density at radius 2 is 1.93 bits per heavy atom. The molecule has 0 saturated heterocycles. The fraction of sp³-hybridized carbons (Fsp3) is 0.542. The predicted octanol–water partition coefficient (Wildman–Crippen LogP) is 3.55. The third-order valence-electron chi connectivity index (χ3n) is 6.43. The normalized spacial score (nSPS) is 21.7. The smallest absolute Gasteiger partial charge is 0.252 e. The summed E-state index contributed by atoms with van der Waals surface area (Å²) >= 11 is 0. The number of carbonyl (C=O) groups excluding carboxylic acids is 1. The van der Waals surface area contributed by atoms with Gasteiger partial charge in [-0.15, -0.1) is 0 Å². The summed E-state index contributed by atoms with van der Waals surface area (Å²) < 4.78 is 0. The third-order valence-corrected chi connectivity index (χ3v) is 6.43. The standard InChI is InChI=1S/C24H32N4O2/c1-23(2)13-19(26-21(29)24(30)11-7-8-12-24)18-15-25-22(27-20(18)14-23)28(3)16-17-9-5-4-6-10-17/h4-6,9-10,15,19,30H,7-8,11-14,16H2,1-3H3,(H,26,29)/t19-/m1/s1. The molecule has 0 aliphatic heterocycles. The summed E-state index contributed by atoms with van der Waals surface area (Å²) in [4.78, 5) is 24.4. The van der Waals surface area contributed by atoms with Gasteiger partial charge < -0.3 is 15.3 Å². The van der Waals surface area contributed by atoms with Crippen LogP contribution < -0.4 is 10.2 Å². The van der Waals surface area contributed by atoms with Gasteiger partial charge >= 0.3 is 0 Å². The summed E-state index contributed by atoms with van der Waals surface area (Å²) in [6, 6.07) is 10.1. The monoisotopic (exact) mass is 408 g/mol. The van der Waals surface area contributed by atoms with E-state index in [2.05, 4.69) is 36.3 Å². The summed E-state index contributed by atoms with van der Waals surface area (Å²) in [5.41, 5.74) is 1.95. The maximum Gasteiger partial charge on any atom is 0.252 e. The van der Waals surface area contributed by atoms with Crippen LogP contribution in [0.3, 0.4) is 0 Å². The minimum Gasteiger partial charge on any atom is -0.380 e. The second kappa shape index (κ2) is 7.99. The van der Waals surface area contributed by atoms with Crippen LogP contribution in [-0.2, 0) is 17.8 Å². The molecular formula is C24H32N4O2. The van der Waals surface area contributed by atoms with Crippen molar-refractivity contribution in [3.8, 4) is 0 Å². The van der Waals surface area contributed by atoms with Crippen molar-refractivity contribution in [3.63, 3.8) is 0 Å². The molecule has 0 spiro atoms. The Bertz CT molecular complexity index is 907. The van der Waals surface area contributed by atoms with Gasteiger partial charge in [0.15, 0.2) is 0 Å². The van der Waals surface area contributed by atoms with Crippen LogP contribution >= 0.6 is 0 Å². The molecule has 160 valence electrons. The number of hydrogen-bond donors (Lipinski definition) is 2. The highest BCUT2D eigenvalue weighted by atomic mass is 16.3. The zero-order valence-corrected chi connectivity index (χ0v) is 18.2. The number of nitrogens with one attached hydrogen (secondary N) is 1. The first kappa shape index (κ1) is 20.8. The van der Waals surface area contributed by atoms with Crippen molar-refractivity contribution in [2.24, 2.45) is 5.41 Å². The quantitative estimate of drug-likeness (QED) is 0.791. The maximum atomic E-state index is 12.8. The van der Waals surface area contributed by atoms with E-state index in [1.54, 1.807) is 0 Å². The molecule has 2 N–H and O–H groups in total. The van der Waals surface area contributed by atoms with Crippen LogP contribution in [0.4, 0.5) is 5.95 Å². The number of nitrogens with zero attached hydrogens (tertiary/aromatic N) is 3. The van der Waals surface area contributed by atoms with Crippen molar-refractivity contribution >= 4 is 11.9 Å². The van der Waals surface area contributed by atoms with Gasteiger partial charge in [0.2, 0.25) is 5.95 Å². The SMILES string of the molecule is CN(Cc1ccccc1)c1ncc2c(n1)CC(C)(C)C[C@H]2NC(=O)C1(O)CCCC1. The molecular weight excluding hydrogens is 376 g/mol. The van der Waals surface area contributed by atoms with Crippen molar-refractivity contribution in [2.45, 2.75) is 70.6 Å². The van der Waals surface area contributed by atoms with Crippen LogP contribution in [0.25, 0.3) is 0 Å². The van der Waals surface area contributed by atoms with Gasteiger partial charge in [0.1, 0.15) is 5.60 Å². The van der Waals surface area contributed by atoms with Crippen molar-refractivity contribution in [1.29, 1.82) is 0 Å². The van der Waals surface area contributed by atoms with Gasteiger partial charge in [-0.2, -0.15) is 0 Å². The van der Waals surface area contributed by atoms with E-state index in [1.165, 1.54) is 5.56 Å². The van der Waals surface area contributed by atoms with Crippen LogP contribution in [0.5, 0.6) is 0 Å². The van der Waals surface area contributed by atoms with Crippen LogP contribution in [-0.4, -0.2) is 33.6 Å².